The summed E-state index contributed by atoms with van der Waals surface area (Å²) in [4.78, 5) is 11.4. The van der Waals surface area contributed by atoms with E-state index in [9.17, 15) is 4.79 Å². The van der Waals surface area contributed by atoms with Gasteiger partial charge in [0.1, 0.15) is 0 Å². The summed E-state index contributed by atoms with van der Waals surface area (Å²) in [5.41, 5.74) is 3.96. The van der Waals surface area contributed by atoms with Crippen molar-refractivity contribution < 1.29 is 4.79 Å². The largest absolute Gasteiger partial charge is 0.379 e. The zero-order valence-electron chi connectivity index (χ0n) is 11.2. The Labute approximate surface area is 112 Å². The standard InChI is InChI=1S/C14H18N4O/c1-3-14(19)17-11-5-4-10(2)13(8-11)15-9-12-6-7-16-18-12/h4-8,15H,3,9H2,1-2H3,(H,16,18)(H,17,19). The number of aryl methyl sites for hydroxylation is 1. The summed E-state index contributed by atoms with van der Waals surface area (Å²) < 4.78 is 0. The number of hydrogen-bond acceptors (Lipinski definition) is 3. The van der Waals surface area contributed by atoms with Gasteiger partial charge in [-0.2, -0.15) is 5.10 Å². The van der Waals surface area contributed by atoms with Crippen LogP contribution in [0.3, 0.4) is 0 Å². The number of amides is 1. The molecule has 0 aliphatic heterocycles. The average molecular weight is 258 g/mol. The van der Waals surface area contributed by atoms with Crippen LogP contribution in [0.15, 0.2) is 30.5 Å². The predicted molar refractivity (Wildman–Crippen MR) is 76.0 cm³/mol. The molecule has 0 atom stereocenters. The van der Waals surface area contributed by atoms with Crippen LogP contribution in [0.25, 0.3) is 0 Å². The van der Waals surface area contributed by atoms with Crippen molar-refractivity contribution in [1.29, 1.82) is 0 Å². The van der Waals surface area contributed by atoms with Gasteiger partial charge in [-0.1, -0.05) is 13.0 Å². The first kappa shape index (κ1) is 13.1. The molecule has 0 aliphatic rings. The van der Waals surface area contributed by atoms with Crippen LogP contribution >= 0.6 is 0 Å². The molecule has 0 spiro atoms. The summed E-state index contributed by atoms with van der Waals surface area (Å²) in [5, 5.41) is 13.0. The fraction of sp³-hybridized carbons (Fsp3) is 0.286. The lowest BCUT2D eigenvalue weighted by Crippen LogP contribution is -2.10. The first-order valence-electron chi connectivity index (χ1n) is 6.31. The van der Waals surface area contributed by atoms with E-state index >= 15 is 0 Å². The lowest BCUT2D eigenvalue weighted by Gasteiger charge is -2.11. The molecular formula is C14H18N4O. The van der Waals surface area contributed by atoms with Crippen LogP contribution in [0, 0.1) is 6.92 Å². The fourth-order valence-electron chi connectivity index (χ4n) is 1.71. The van der Waals surface area contributed by atoms with E-state index in [4.69, 9.17) is 0 Å². The maximum Gasteiger partial charge on any atom is 0.224 e. The molecule has 3 N–H and O–H groups in total. The second-order valence-electron chi connectivity index (χ2n) is 4.37. The number of aromatic amines is 1. The topological polar surface area (TPSA) is 69.8 Å². The van der Waals surface area contributed by atoms with E-state index in [-0.39, 0.29) is 5.91 Å². The van der Waals surface area contributed by atoms with Crippen molar-refractivity contribution in [3.63, 3.8) is 0 Å². The third-order valence-corrected chi connectivity index (χ3v) is 2.87. The lowest BCUT2D eigenvalue weighted by atomic mass is 10.1. The van der Waals surface area contributed by atoms with Gasteiger partial charge in [0.05, 0.1) is 12.2 Å². The van der Waals surface area contributed by atoms with Gasteiger partial charge in [-0.25, -0.2) is 0 Å². The van der Waals surface area contributed by atoms with Crippen LogP contribution in [-0.2, 0) is 11.3 Å². The minimum atomic E-state index is 0.0170. The zero-order valence-corrected chi connectivity index (χ0v) is 11.2. The summed E-state index contributed by atoms with van der Waals surface area (Å²) in [6.45, 7) is 4.54. The molecule has 2 aromatic rings. The molecule has 0 saturated carbocycles. The summed E-state index contributed by atoms with van der Waals surface area (Å²) in [6.07, 6.45) is 2.20. The van der Waals surface area contributed by atoms with Crippen molar-refractivity contribution in [2.75, 3.05) is 10.6 Å². The van der Waals surface area contributed by atoms with E-state index in [2.05, 4.69) is 20.8 Å². The van der Waals surface area contributed by atoms with Gasteiger partial charge in [0.25, 0.3) is 0 Å². The molecule has 19 heavy (non-hydrogen) atoms. The summed E-state index contributed by atoms with van der Waals surface area (Å²) in [5.74, 6) is 0.0170. The fourth-order valence-corrected chi connectivity index (χ4v) is 1.71. The maximum absolute atomic E-state index is 11.4. The molecule has 1 heterocycles. The molecule has 0 bridgehead atoms. The molecule has 1 aromatic heterocycles. The molecule has 5 heteroatoms. The molecular weight excluding hydrogens is 240 g/mol. The normalized spacial score (nSPS) is 10.2. The van der Waals surface area contributed by atoms with E-state index in [1.54, 1.807) is 6.20 Å². The summed E-state index contributed by atoms with van der Waals surface area (Å²) >= 11 is 0. The number of hydrogen-bond donors (Lipinski definition) is 3. The highest BCUT2D eigenvalue weighted by atomic mass is 16.1. The molecule has 1 aromatic carbocycles. The van der Waals surface area contributed by atoms with Crippen LogP contribution in [0.5, 0.6) is 0 Å². The van der Waals surface area contributed by atoms with Gasteiger partial charge in [0.2, 0.25) is 5.91 Å². The highest BCUT2D eigenvalue weighted by Crippen LogP contribution is 2.21. The Kier molecular flexibility index (Phi) is 4.18. The van der Waals surface area contributed by atoms with Crippen molar-refractivity contribution in [2.24, 2.45) is 0 Å². The summed E-state index contributed by atoms with van der Waals surface area (Å²) in [6, 6.07) is 7.76. The number of anilines is 2. The van der Waals surface area contributed by atoms with Gasteiger partial charge in [-0.05, 0) is 30.7 Å². The quantitative estimate of drug-likeness (QED) is 0.772. The van der Waals surface area contributed by atoms with E-state index in [0.717, 1.165) is 22.6 Å². The number of aromatic nitrogens is 2. The number of nitrogens with one attached hydrogen (secondary N) is 3. The van der Waals surface area contributed by atoms with Crippen LogP contribution in [0.4, 0.5) is 11.4 Å². The van der Waals surface area contributed by atoms with Gasteiger partial charge in [0, 0.05) is 24.0 Å². The summed E-state index contributed by atoms with van der Waals surface area (Å²) in [7, 11) is 0. The van der Waals surface area contributed by atoms with Crippen molar-refractivity contribution >= 4 is 17.3 Å². The van der Waals surface area contributed by atoms with Gasteiger partial charge >= 0.3 is 0 Å². The first-order chi connectivity index (χ1) is 9.19. The Morgan fingerprint density at radius 2 is 2.21 bits per heavy atom. The number of carbonyl (C=O) groups is 1. The second kappa shape index (κ2) is 6.04. The van der Waals surface area contributed by atoms with E-state index in [0.29, 0.717) is 13.0 Å². The van der Waals surface area contributed by atoms with Gasteiger partial charge < -0.3 is 10.6 Å². The Morgan fingerprint density at radius 3 is 2.89 bits per heavy atom. The molecule has 0 radical (unpaired) electrons. The Balaban J connectivity index is 2.06. The highest BCUT2D eigenvalue weighted by Gasteiger charge is 2.03. The van der Waals surface area contributed by atoms with Crippen molar-refractivity contribution in [1.82, 2.24) is 10.2 Å². The monoisotopic (exact) mass is 258 g/mol. The Bertz CT molecular complexity index is 549. The Hall–Kier alpha value is -2.30. The number of carbonyl (C=O) groups excluding carboxylic acids is 1. The van der Waals surface area contributed by atoms with Crippen LogP contribution in [0.1, 0.15) is 24.6 Å². The lowest BCUT2D eigenvalue weighted by molar-refractivity contribution is -0.115. The molecule has 5 nitrogen and oxygen atoms in total. The highest BCUT2D eigenvalue weighted by molar-refractivity contribution is 5.91. The maximum atomic E-state index is 11.4. The van der Waals surface area contributed by atoms with Crippen LogP contribution in [0.2, 0.25) is 0 Å². The zero-order chi connectivity index (χ0) is 13.7. The molecule has 0 saturated heterocycles. The number of benzene rings is 1. The third-order valence-electron chi connectivity index (χ3n) is 2.87. The minimum absolute atomic E-state index is 0.0170. The molecule has 0 aliphatic carbocycles. The third kappa shape index (κ3) is 3.58. The molecule has 2 rings (SSSR count). The van der Waals surface area contributed by atoms with Crippen molar-refractivity contribution in [3.8, 4) is 0 Å². The smallest absolute Gasteiger partial charge is 0.224 e. The average Bonchev–Trinajstić information content (AvgIpc) is 2.92. The minimum Gasteiger partial charge on any atom is -0.379 e. The molecule has 1 amide bonds. The van der Waals surface area contributed by atoms with E-state index in [1.165, 1.54) is 0 Å². The number of rotatable bonds is 5. The van der Waals surface area contributed by atoms with E-state index in [1.807, 2.05) is 38.1 Å². The predicted octanol–water partition coefficient (Wildman–Crippen LogP) is 2.68. The van der Waals surface area contributed by atoms with Crippen molar-refractivity contribution in [2.45, 2.75) is 26.8 Å². The molecule has 0 unspecified atom stereocenters. The molecule has 100 valence electrons. The van der Waals surface area contributed by atoms with Crippen molar-refractivity contribution in [3.05, 3.63) is 41.7 Å². The van der Waals surface area contributed by atoms with Crippen LogP contribution in [-0.4, -0.2) is 16.1 Å². The van der Waals surface area contributed by atoms with Crippen LogP contribution < -0.4 is 10.6 Å². The number of H-pyrrole nitrogens is 1. The second-order valence-corrected chi connectivity index (χ2v) is 4.37. The van der Waals surface area contributed by atoms with E-state index < -0.39 is 0 Å². The SMILES string of the molecule is CCC(=O)Nc1ccc(C)c(NCc2ccn[nH]2)c1. The number of nitrogens with zero attached hydrogens (tertiary/aromatic N) is 1. The first-order valence-corrected chi connectivity index (χ1v) is 6.31. The van der Waals surface area contributed by atoms with Gasteiger partial charge in [0.15, 0.2) is 0 Å². The van der Waals surface area contributed by atoms with Gasteiger partial charge in [-0.15, -0.1) is 0 Å². The Morgan fingerprint density at radius 1 is 1.37 bits per heavy atom. The molecule has 0 fully saturated rings. The van der Waals surface area contributed by atoms with Gasteiger partial charge in [-0.3, -0.25) is 9.89 Å².